The van der Waals surface area contributed by atoms with Crippen LogP contribution in [0.2, 0.25) is 0 Å². The van der Waals surface area contributed by atoms with Crippen LogP contribution in [-0.4, -0.2) is 39.4 Å². The molecule has 0 aliphatic heterocycles. The van der Waals surface area contributed by atoms with Gasteiger partial charge in [0, 0.05) is 5.56 Å². The van der Waals surface area contributed by atoms with Crippen LogP contribution in [0.1, 0.15) is 24.2 Å². The van der Waals surface area contributed by atoms with Crippen LogP contribution in [0.5, 0.6) is 23.0 Å². The summed E-state index contributed by atoms with van der Waals surface area (Å²) in [7, 11) is 1.61. The van der Waals surface area contributed by atoms with Gasteiger partial charge in [0.1, 0.15) is 18.1 Å². The van der Waals surface area contributed by atoms with Crippen molar-refractivity contribution in [2.24, 2.45) is 0 Å². The van der Waals surface area contributed by atoms with Gasteiger partial charge in [0.15, 0.2) is 11.5 Å². The number of carbonyl (C=O) groups is 1. The molecule has 2 aromatic rings. The molecule has 0 saturated heterocycles. The number of hydrogen-bond acceptors (Lipinski definition) is 5. The van der Waals surface area contributed by atoms with Gasteiger partial charge in [-0.05, 0) is 56.3 Å². The maximum Gasteiger partial charge on any atom is 0.251 e. The number of benzene rings is 2. The van der Waals surface area contributed by atoms with Crippen molar-refractivity contribution in [2.45, 2.75) is 13.8 Å². The van der Waals surface area contributed by atoms with E-state index in [1.165, 1.54) is 0 Å². The average Bonchev–Trinajstić information content (AvgIpc) is 2.67. The zero-order chi connectivity index (χ0) is 18.8. The summed E-state index contributed by atoms with van der Waals surface area (Å²) in [6.45, 7) is 5.59. The molecule has 0 spiro atoms. The van der Waals surface area contributed by atoms with Gasteiger partial charge in [0.05, 0.1) is 26.9 Å². The quantitative estimate of drug-likeness (QED) is 0.660. The van der Waals surface area contributed by atoms with Crippen LogP contribution >= 0.6 is 0 Å². The monoisotopic (exact) mass is 359 g/mol. The summed E-state index contributed by atoms with van der Waals surface area (Å²) < 4.78 is 21.7. The number of rotatable bonds is 10. The van der Waals surface area contributed by atoms with Gasteiger partial charge < -0.3 is 24.3 Å². The molecule has 2 rings (SSSR count). The summed E-state index contributed by atoms with van der Waals surface area (Å²) in [6.07, 6.45) is 0. The minimum Gasteiger partial charge on any atom is -0.497 e. The van der Waals surface area contributed by atoms with Crippen LogP contribution < -0.4 is 24.3 Å². The summed E-state index contributed by atoms with van der Waals surface area (Å²) >= 11 is 0. The highest BCUT2D eigenvalue weighted by molar-refractivity contribution is 5.94. The summed E-state index contributed by atoms with van der Waals surface area (Å²) in [5.74, 6) is 2.50. The number of hydrogen-bond donors (Lipinski definition) is 1. The lowest BCUT2D eigenvalue weighted by atomic mass is 10.2. The second-order valence-corrected chi connectivity index (χ2v) is 5.31. The van der Waals surface area contributed by atoms with E-state index >= 15 is 0 Å². The molecule has 0 heterocycles. The second kappa shape index (κ2) is 10.2. The van der Waals surface area contributed by atoms with E-state index in [4.69, 9.17) is 18.9 Å². The molecular weight excluding hydrogens is 334 g/mol. The predicted octanol–water partition coefficient (Wildman–Crippen LogP) is 3.30. The maximum atomic E-state index is 12.3. The summed E-state index contributed by atoms with van der Waals surface area (Å²) in [5, 5.41) is 2.83. The van der Waals surface area contributed by atoms with Gasteiger partial charge in [0.2, 0.25) is 0 Å². The normalized spacial score (nSPS) is 10.1. The van der Waals surface area contributed by atoms with Crippen molar-refractivity contribution in [2.75, 3.05) is 33.5 Å². The first-order valence-corrected chi connectivity index (χ1v) is 8.62. The van der Waals surface area contributed by atoms with Crippen molar-refractivity contribution in [3.63, 3.8) is 0 Å². The van der Waals surface area contributed by atoms with E-state index in [9.17, 15) is 4.79 Å². The minimum absolute atomic E-state index is 0.188. The fourth-order valence-corrected chi connectivity index (χ4v) is 2.30. The highest BCUT2D eigenvalue weighted by atomic mass is 16.5. The van der Waals surface area contributed by atoms with E-state index < -0.39 is 0 Å². The first kappa shape index (κ1) is 19.4. The summed E-state index contributed by atoms with van der Waals surface area (Å²) in [6, 6.07) is 12.4. The molecule has 6 nitrogen and oxygen atoms in total. The van der Waals surface area contributed by atoms with Gasteiger partial charge in [-0.25, -0.2) is 0 Å². The fourth-order valence-electron chi connectivity index (χ4n) is 2.30. The molecule has 0 radical (unpaired) electrons. The molecule has 2 aromatic carbocycles. The zero-order valence-corrected chi connectivity index (χ0v) is 15.4. The fraction of sp³-hybridized carbons (Fsp3) is 0.350. The zero-order valence-electron chi connectivity index (χ0n) is 15.4. The van der Waals surface area contributed by atoms with Crippen LogP contribution in [0.3, 0.4) is 0 Å². The van der Waals surface area contributed by atoms with Crippen molar-refractivity contribution in [3.05, 3.63) is 48.0 Å². The Morgan fingerprint density at radius 2 is 1.54 bits per heavy atom. The first-order valence-electron chi connectivity index (χ1n) is 8.62. The van der Waals surface area contributed by atoms with Crippen molar-refractivity contribution in [3.8, 4) is 23.0 Å². The molecule has 0 aliphatic rings. The molecule has 0 atom stereocenters. The second-order valence-electron chi connectivity index (χ2n) is 5.31. The molecule has 26 heavy (non-hydrogen) atoms. The van der Waals surface area contributed by atoms with Gasteiger partial charge in [0.25, 0.3) is 5.91 Å². The number of nitrogens with one attached hydrogen (secondary N) is 1. The summed E-state index contributed by atoms with van der Waals surface area (Å²) in [4.78, 5) is 12.3. The minimum atomic E-state index is -0.188. The van der Waals surface area contributed by atoms with Crippen LogP contribution in [-0.2, 0) is 0 Å². The maximum absolute atomic E-state index is 12.3. The van der Waals surface area contributed by atoms with Crippen molar-refractivity contribution in [1.82, 2.24) is 5.32 Å². The Balaban J connectivity index is 1.85. The van der Waals surface area contributed by atoms with E-state index in [2.05, 4.69) is 5.32 Å². The molecule has 1 N–H and O–H groups in total. The van der Waals surface area contributed by atoms with E-state index in [0.717, 1.165) is 11.5 Å². The molecule has 0 unspecified atom stereocenters. The van der Waals surface area contributed by atoms with Crippen LogP contribution in [0.4, 0.5) is 0 Å². The van der Waals surface area contributed by atoms with Gasteiger partial charge in [-0.15, -0.1) is 0 Å². The van der Waals surface area contributed by atoms with E-state index in [-0.39, 0.29) is 5.91 Å². The average molecular weight is 359 g/mol. The Morgan fingerprint density at radius 3 is 2.19 bits per heavy atom. The van der Waals surface area contributed by atoms with Crippen molar-refractivity contribution < 1.29 is 23.7 Å². The number of methoxy groups -OCH3 is 1. The summed E-state index contributed by atoms with van der Waals surface area (Å²) in [5.41, 5.74) is 0.515. The van der Waals surface area contributed by atoms with Crippen molar-refractivity contribution in [1.29, 1.82) is 0 Å². The van der Waals surface area contributed by atoms with E-state index in [1.54, 1.807) is 25.3 Å². The molecule has 0 aromatic heterocycles. The molecule has 6 heteroatoms. The van der Waals surface area contributed by atoms with Gasteiger partial charge >= 0.3 is 0 Å². The largest absolute Gasteiger partial charge is 0.497 e. The van der Waals surface area contributed by atoms with Gasteiger partial charge in [-0.3, -0.25) is 4.79 Å². The number of amides is 1. The highest BCUT2D eigenvalue weighted by Gasteiger charge is 2.11. The van der Waals surface area contributed by atoms with Gasteiger partial charge in [-0.2, -0.15) is 0 Å². The molecule has 0 fully saturated rings. The number of ether oxygens (including phenoxy) is 4. The standard InChI is InChI=1S/C20H25NO5/c1-4-24-18-11-6-15(14-19(18)25-5-2)20(22)21-12-13-26-17-9-7-16(23-3)8-10-17/h6-11,14H,4-5,12-13H2,1-3H3,(H,21,22). The third-order valence-electron chi connectivity index (χ3n) is 3.52. The van der Waals surface area contributed by atoms with Crippen LogP contribution in [0.15, 0.2) is 42.5 Å². The Hall–Kier alpha value is -2.89. The Kier molecular flexibility index (Phi) is 7.61. The van der Waals surface area contributed by atoms with Gasteiger partial charge in [-0.1, -0.05) is 0 Å². The third-order valence-corrected chi connectivity index (χ3v) is 3.52. The van der Waals surface area contributed by atoms with Crippen molar-refractivity contribution >= 4 is 5.91 Å². The molecule has 0 aliphatic carbocycles. The topological polar surface area (TPSA) is 66.0 Å². The Bertz CT molecular complexity index is 700. The SMILES string of the molecule is CCOc1ccc(C(=O)NCCOc2ccc(OC)cc2)cc1OCC. The Labute approximate surface area is 154 Å². The Morgan fingerprint density at radius 1 is 0.885 bits per heavy atom. The molecule has 0 saturated carbocycles. The highest BCUT2D eigenvalue weighted by Crippen LogP contribution is 2.28. The smallest absolute Gasteiger partial charge is 0.251 e. The van der Waals surface area contributed by atoms with Crippen LogP contribution in [0.25, 0.3) is 0 Å². The third kappa shape index (κ3) is 5.58. The lowest BCUT2D eigenvalue weighted by Crippen LogP contribution is -2.28. The van der Waals surface area contributed by atoms with E-state index in [0.29, 0.717) is 43.4 Å². The lowest BCUT2D eigenvalue weighted by molar-refractivity contribution is 0.0946. The molecule has 1 amide bonds. The number of carbonyl (C=O) groups excluding carboxylic acids is 1. The molecule has 0 bridgehead atoms. The molecule has 140 valence electrons. The van der Waals surface area contributed by atoms with E-state index in [1.807, 2.05) is 38.1 Å². The van der Waals surface area contributed by atoms with Crippen LogP contribution in [0, 0.1) is 0 Å². The predicted molar refractivity (Wildman–Crippen MR) is 99.6 cm³/mol. The lowest BCUT2D eigenvalue weighted by Gasteiger charge is -2.12. The molecular formula is C20H25NO5. The first-order chi connectivity index (χ1) is 12.7.